The Labute approximate surface area is 144 Å². The van der Waals surface area contributed by atoms with Crippen LogP contribution in [0, 0.1) is 0 Å². The molecule has 132 valence electrons. The van der Waals surface area contributed by atoms with Crippen molar-refractivity contribution in [2.45, 2.75) is 30.2 Å². The van der Waals surface area contributed by atoms with Crippen LogP contribution in [-0.2, 0) is 26.6 Å². The van der Waals surface area contributed by atoms with Crippen LogP contribution in [0.3, 0.4) is 0 Å². The third-order valence-corrected chi connectivity index (χ3v) is 6.22. The van der Waals surface area contributed by atoms with Crippen LogP contribution in [0.4, 0.5) is 0 Å². The summed E-state index contributed by atoms with van der Waals surface area (Å²) in [5.41, 5.74) is -1.01. The van der Waals surface area contributed by atoms with Crippen LogP contribution >= 0.6 is 0 Å². The maximum absolute atomic E-state index is 12.8. The van der Waals surface area contributed by atoms with Crippen molar-refractivity contribution in [2.24, 2.45) is 0 Å². The standard InChI is InChI=1S/C17H17NO6S/c1-3-9-25(22,23)12-10-13-17(2,16(20)21)6-7-18(13)14(12)15(19)11-5-4-8-24-11/h3-5,8,10H,1,6-7,9H2,2H3,(H,20,21). The maximum atomic E-state index is 12.8. The maximum Gasteiger partial charge on any atom is 0.315 e. The Kier molecular flexibility index (Phi) is 3.95. The van der Waals surface area contributed by atoms with Crippen molar-refractivity contribution in [2.75, 3.05) is 5.75 Å². The Balaban J connectivity index is 2.28. The molecule has 3 rings (SSSR count). The number of carbonyl (C=O) groups is 2. The number of ketones is 1. The summed E-state index contributed by atoms with van der Waals surface area (Å²) in [6.07, 6.45) is 2.83. The Bertz CT molecular complexity index is 967. The summed E-state index contributed by atoms with van der Waals surface area (Å²) in [5, 5.41) is 9.57. The first-order chi connectivity index (χ1) is 11.7. The Morgan fingerprint density at radius 1 is 1.48 bits per heavy atom. The highest BCUT2D eigenvalue weighted by molar-refractivity contribution is 7.91. The minimum Gasteiger partial charge on any atom is -0.481 e. The summed E-state index contributed by atoms with van der Waals surface area (Å²) in [4.78, 5) is 24.3. The molecule has 0 amide bonds. The molecule has 2 aromatic heterocycles. The molecular formula is C17H17NO6S. The lowest BCUT2D eigenvalue weighted by Gasteiger charge is -2.16. The molecule has 25 heavy (non-hydrogen) atoms. The number of rotatable bonds is 6. The first-order valence-corrected chi connectivity index (χ1v) is 9.27. The fourth-order valence-corrected chi connectivity index (χ4v) is 4.41. The average molecular weight is 363 g/mol. The molecule has 0 aromatic carbocycles. The lowest BCUT2D eigenvalue weighted by atomic mass is 9.86. The molecule has 1 atom stereocenters. The van der Waals surface area contributed by atoms with Gasteiger partial charge in [-0.3, -0.25) is 9.59 Å². The van der Waals surface area contributed by atoms with Gasteiger partial charge in [-0.25, -0.2) is 8.42 Å². The number of hydrogen-bond acceptors (Lipinski definition) is 5. The van der Waals surface area contributed by atoms with Gasteiger partial charge in [0.15, 0.2) is 15.6 Å². The molecule has 1 unspecified atom stereocenters. The number of aliphatic carboxylic acids is 1. The number of carboxylic acids is 1. The number of furan rings is 1. The summed E-state index contributed by atoms with van der Waals surface area (Å²) >= 11 is 0. The van der Waals surface area contributed by atoms with Gasteiger partial charge in [0.25, 0.3) is 0 Å². The van der Waals surface area contributed by atoms with E-state index in [0.717, 1.165) is 0 Å². The van der Waals surface area contributed by atoms with E-state index in [0.29, 0.717) is 5.69 Å². The van der Waals surface area contributed by atoms with Gasteiger partial charge < -0.3 is 14.1 Å². The fourth-order valence-electron chi connectivity index (χ4n) is 3.13. The van der Waals surface area contributed by atoms with Gasteiger partial charge in [-0.15, -0.1) is 6.58 Å². The molecule has 0 spiro atoms. The van der Waals surface area contributed by atoms with E-state index >= 15 is 0 Å². The van der Waals surface area contributed by atoms with Gasteiger partial charge in [0.2, 0.25) is 5.78 Å². The molecule has 3 heterocycles. The van der Waals surface area contributed by atoms with Gasteiger partial charge in [0.1, 0.15) is 11.1 Å². The Hall–Kier alpha value is -2.61. The second-order valence-electron chi connectivity index (χ2n) is 6.16. The van der Waals surface area contributed by atoms with Crippen molar-refractivity contribution in [3.8, 4) is 0 Å². The second-order valence-corrected chi connectivity index (χ2v) is 8.16. The van der Waals surface area contributed by atoms with Gasteiger partial charge in [0.05, 0.1) is 16.9 Å². The van der Waals surface area contributed by atoms with E-state index in [1.807, 2.05) is 0 Å². The highest BCUT2D eigenvalue weighted by Gasteiger charge is 2.46. The minimum atomic E-state index is -3.83. The third kappa shape index (κ3) is 2.53. The van der Waals surface area contributed by atoms with Gasteiger partial charge in [-0.05, 0) is 31.5 Å². The van der Waals surface area contributed by atoms with Gasteiger partial charge in [-0.1, -0.05) is 6.08 Å². The molecule has 1 aliphatic rings. The van der Waals surface area contributed by atoms with E-state index in [-0.39, 0.29) is 35.1 Å². The van der Waals surface area contributed by atoms with E-state index in [1.165, 1.54) is 42.0 Å². The van der Waals surface area contributed by atoms with Crippen LogP contribution in [0.15, 0.2) is 46.4 Å². The number of fused-ring (bicyclic) bond motifs is 1. The van der Waals surface area contributed by atoms with E-state index in [2.05, 4.69) is 6.58 Å². The zero-order valence-corrected chi connectivity index (χ0v) is 14.4. The Morgan fingerprint density at radius 2 is 2.20 bits per heavy atom. The third-order valence-electron chi connectivity index (χ3n) is 4.57. The van der Waals surface area contributed by atoms with E-state index in [1.54, 1.807) is 0 Å². The SMILES string of the molecule is C=CCS(=O)(=O)c1cc2n(c1C(=O)c1ccco1)CCC2(C)C(=O)O. The van der Waals surface area contributed by atoms with E-state index in [9.17, 15) is 23.1 Å². The fraction of sp³-hybridized carbons (Fsp3) is 0.294. The lowest BCUT2D eigenvalue weighted by Crippen LogP contribution is -2.29. The van der Waals surface area contributed by atoms with Gasteiger partial charge in [-0.2, -0.15) is 0 Å². The van der Waals surface area contributed by atoms with Crippen molar-refractivity contribution in [3.05, 3.63) is 54.3 Å². The smallest absolute Gasteiger partial charge is 0.315 e. The second kappa shape index (κ2) is 5.73. The molecule has 1 aliphatic heterocycles. The van der Waals surface area contributed by atoms with Crippen LogP contribution < -0.4 is 0 Å². The molecule has 2 aromatic rings. The minimum absolute atomic E-state index is 0.000110. The molecule has 1 N–H and O–H groups in total. The number of hydrogen-bond donors (Lipinski definition) is 1. The van der Waals surface area contributed by atoms with Crippen LogP contribution in [0.25, 0.3) is 0 Å². The zero-order valence-electron chi connectivity index (χ0n) is 13.6. The highest BCUT2D eigenvalue weighted by atomic mass is 32.2. The van der Waals surface area contributed by atoms with Crippen molar-refractivity contribution in [1.82, 2.24) is 4.57 Å². The largest absolute Gasteiger partial charge is 0.481 e. The van der Waals surface area contributed by atoms with Gasteiger partial charge in [0, 0.05) is 12.2 Å². The van der Waals surface area contributed by atoms with E-state index in [4.69, 9.17) is 4.42 Å². The molecule has 0 saturated carbocycles. The van der Waals surface area contributed by atoms with Crippen LogP contribution in [0.1, 0.15) is 35.3 Å². The first-order valence-electron chi connectivity index (χ1n) is 7.61. The summed E-state index contributed by atoms with van der Waals surface area (Å²) in [5.74, 6) is -2.00. The van der Waals surface area contributed by atoms with Crippen LogP contribution in [0.2, 0.25) is 0 Å². The summed E-state index contributed by atoms with van der Waals surface area (Å²) in [6, 6.07) is 4.27. The monoisotopic (exact) mass is 363 g/mol. The van der Waals surface area contributed by atoms with Crippen molar-refractivity contribution < 1.29 is 27.5 Å². The summed E-state index contributed by atoms with van der Waals surface area (Å²) in [6.45, 7) is 5.20. The van der Waals surface area contributed by atoms with Crippen LogP contribution in [-0.4, -0.2) is 35.6 Å². The van der Waals surface area contributed by atoms with Gasteiger partial charge >= 0.3 is 5.97 Å². The molecular weight excluding hydrogens is 346 g/mol. The molecule has 7 nitrogen and oxygen atoms in total. The molecule has 0 fully saturated rings. The number of sulfone groups is 1. The normalized spacial score (nSPS) is 19.6. The molecule has 0 radical (unpaired) electrons. The van der Waals surface area contributed by atoms with E-state index < -0.39 is 27.0 Å². The summed E-state index contributed by atoms with van der Waals surface area (Å²) in [7, 11) is -3.83. The van der Waals surface area contributed by atoms with Crippen LogP contribution in [0.5, 0.6) is 0 Å². The topological polar surface area (TPSA) is 107 Å². The quantitative estimate of drug-likeness (QED) is 0.621. The first kappa shape index (κ1) is 17.2. The predicted octanol–water partition coefficient (Wildman–Crippen LogP) is 2.02. The van der Waals surface area contributed by atoms with Crippen molar-refractivity contribution in [3.63, 3.8) is 0 Å². The number of carbonyl (C=O) groups excluding carboxylic acids is 1. The molecule has 0 aliphatic carbocycles. The predicted molar refractivity (Wildman–Crippen MR) is 88.4 cm³/mol. The van der Waals surface area contributed by atoms with Crippen molar-refractivity contribution in [1.29, 1.82) is 0 Å². The number of nitrogens with zero attached hydrogens (tertiary/aromatic N) is 1. The molecule has 8 heteroatoms. The highest BCUT2D eigenvalue weighted by Crippen LogP contribution is 2.40. The number of aromatic nitrogens is 1. The Morgan fingerprint density at radius 3 is 2.76 bits per heavy atom. The number of carboxylic acid groups (broad SMARTS) is 1. The average Bonchev–Trinajstić information content (AvgIpc) is 3.24. The lowest BCUT2D eigenvalue weighted by molar-refractivity contribution is -0.143. The zero-order chi connectivity index (χ0) is 18.4. The molecule has 0 saturated heterocycles. The molecule has 0 bridgehead atoms. The van der Waals surface area contributed by atoms with Crippen molar-refractivity contribution >= 4 is 21.6 Å². The summed E-state index contributed by atoms with van der Waals surface area (Å²) < 4.78 is 31.8.